The lowest BCUT2D eigenvalue weighted by molar-refractivity contribution is -0.121. The smallest absolute Gasteiger partial charge is 0.336 e. The van der Waals surface area contributed by atoms with Gasteiger partial charge in [-0.05, 0) is 48.6 Å². The Morgan fingerprint density at radius 3 is 2.61 bits per heavy atom. The number of carbonyl (C=O) groups is 1. The van der Waals surface area contributed by atoms with Crippen molar-refractivity contribution in [1.82, 2.24) is 14.5 Å². The van der Waals surface area contributed by atoms with Crippen LogP contribution in [0.1, 0.15) is 16.7 Å². The van der Waals surface area contributed by atoms with Crippen LogP contribution >= 0.6 is 27.3 Å². The fourth-order valence-corrected chi connectivity index (χ4v) is 4.79. The van der Waals surface area contributed by atoms with E-state index in [1.165, 1.54) is 15.9 Å². The largest absolute Gasteiger partial charge is 0.350 e. The molecule has 1 amide bonds. The molecule has 2 heterocycles. The first-order chi connectivity index (χ1) is 14.9. The van der Waals surface area contributed by atoms with Gasteiger partial charge in [-0.3, -0.25) is 14.2 Å². The van der Waals surface area contributed by atoms with Crippen LogP contribution in [-0.2, 0) is 17.9 Å². The molecule has 0 bridgehead atoms. The molecule has 0 saturated carbocycles. The third-order valence-electron chi connectivity index (χ3n) is 5.08. The number of benzene rings is 2. The molecular weight excluding hydrogens is 478 g/mol. The van der Waals surface area contributed by atoms with Gasteiger partial charge in [-0.2, -0.15) is 0 Å². The van der Waals surface area contributed by atoms with E-state index in [1.54, 1.807) is 17.5 Å². The Morgan fingerprint density at radius 1 is 1.10 bits per heavy atom. The lowest BCUT2D eigenvalue weighted by Gasteiger charge is -2.14. The minimum atomic E-state index is -0.529. The van der Waals surface area contributed by atoms with E-state index in [-0.39, 0.29) is 18.0 Å². The Kier molecular flexibility index (Phi) is 5.93. The van der Waals surface area contributed by atoms with E-state index in [2.05, 4.69) is 21.2 Å². The maximum absolute atomic E-state index is 13.3. The number of hydrogen-bond acceptors (Lipinski definition) is 4. The molecule has 2 aromatic heterocycles. The number of aromatic nitrogens is 2. The first-order valence-electron chi connectivity index (χ1n) is 9.67. The zero-order valence-electron chi connectivity index (χ0n) is 17.0. The first-order valence-corrected chi connectivity index (χ1v) is 11.3. The minimum Gasteiger partial charge on any atom is -0.350 e. The third-order valence-corrected chi connectivity index (χ3v) is 6.75. The molecule has 6 nitrogen and oxygen atoms in total. The second kappa shape index (κ2) is 8.64. The Labute approximate surface area is 190 Å². The number of aryl methyl sites for hydroxylation is 2. The molecule has 1 N–H and O–H groups in total. The van der Waals surface area contributed by atoms with Gasteiger partial charge in [0.1, 0.15) is 11.2 Å². The SMILES string of the molecule is Cc1ccc(-n2c(=O)c3sccc3n(CC(=O)NCc3ccccc3Br)c2=O)c(C)c1. The second-order valence-corrected chi connectivity index (χ2v) is 9.07. The van der Waals surface area contributed by atoms with Crippen LogP contribution in [0.25, 0.3) is 15.9 Å². The molecule has 0 atom stereocenters. The molecule has 158 valence electrons. The van der Waals surface area contributed by atoms with Gasteiger partial charge in [0.2, 0.25) is 5.91 Å². The molecular formula is C23H20BrN3O3S. The van der Waals surface area contributed by atoms with E-state index >= 15 is 0 Å². The van der Waals surface area contributed by atoms with Gasteiger partial charge in [0.25, 0.3) is 5.56 Å². The molecule has 0 fully saturated rings. The lowest BCUT2D eigenvalue weighted by Crippen LogP contribution is -2.41. The van der Waals surface area contributed by atoms with Gasteiger partial charge in [0.15, 0.2) is 0 Å². The van der Waals surface area contributed by atoms with Gasteiger partial charge in [0, 0.05) is 11.0 Å². The quantitative estimate of drug-likeness (QED) is 0.454. The van der Waals surface area contributed by atoms with Crippen molar-refractivity contribution >= 4 is 43.4 Å². The van der Waals surface area contributed by atoms with Gasteiger partial charge in [0.05, 0.1) is 11.2 Å². The summed E-state index contributed by atoms with van der Waals surface area (Å²) in [4.78, 5) is 39.1. The van der Waals surface area contributed by atoms with Gasteiger partial charge in [-0.1, -0.05) is 51.8 Å². The number of nitrogens with one attached hydrogen (secondary N) is 1. The van der Waals surface area contributed by atoms with Crippen LogP contribution in [0.2, 0.25) is 0 Å². The van der Waals surface area contributed by atoms with Gasteiger partial charge in [-0.25, -0.2) is 9.36 Å². The molecule has 0 unspecified atom stereocenters. The van der Waals surface area contributed by atoms with Crippen molar-refractivity contribution in [3.8, 4) is 5.69 Å². The number of fused-ring (bicyclic) bond motifs is 1. The van der Waals surface area contributed by atoms with Crippen LogP contribution in [0.3, 0.4) is 0 Å². The maximum atomic E-state index is 13.3. The van der Waals surface area contributed by atoms with Crippen LogP contribution in [0, 0.1) is 13.8 Å². The molecule has 4 rings (SSSR count). The number of thiophene rings is 1. The average Bonchev–Trinajstić information content (AvgIpc) is 3.22. The molecule has 0 saturated heterocycles. The highest BCUT2D eigenvalue weighted by atomic mass is 79.9. The van der Waals surface area contributed by atoms with E-state index in [4.69, 9.17) is 0 Å². The predicted octanol–water partition coefficient (Wildman–Crippen LogP) is 3.91. The minimum absolute atomic E-state index is 0.179. The zero-order valence-corrected chi connectivity index (χ0v) is 19.4. The monoisotopic (exact) mass is 497 g/mol. The Morgan fingerprint density at radius 2 is 1.87 bits per heavy atom. The van der Waals surface area contributed by atoms with E-state index in [0.717, 1.165) is 25.7 Å². The summed E-state index contributed by atoms with van der Waals surface area (Å²) in [5.74, 6) is -0.309. The highest BCUT2D eigenvalue weighted by Gasteiger charge is 2.18. The van der Waals surface area contributed by atoms with Crippen molar-refractivity contribution in [3.63, 3.8) is 0 Å². The number of halogens is 1. The van der Waals surface area contributed by atoms with Crippen molar-refractivity contribution < 1.29 is 4.79 Å². The van der Waals surface area contributed by atoms with Crippen molar-refractivity contribution in [1.29, 1.82) is 0 Å². The number of nitrogens with zero attached hydrogens (tertiary/aromatic N) is 2. The van der Waals surface area contributed by atoms with Gasteiger partial charge >= 0.3 is 5.69 Å². The summed E-state index contributed by atoms with van der Waals surface area (Å²) < 4.78 is 3.87. The molecule has 2 aromatic carbocycles. The molecule has 31 heavy (non-hydrogen) atoms. The van der Waals surface area contributed by atoms with Crippen molar-refractivity contribution in [2.24, 2.45) is 0 Å². The first kappa shape index (κ1) is 21.3. The normalized spacial score (nSPS) is 11.1. The summed E-state index contributed by atoms with van der Waals surface area (Å²) in [6, 6.07) is 14.9. The van der Waals surface area contributed by atoms with Crippen LogP contribution in [0.15, 0.2) is 68.0 Å². The summed E-state index contributed by atoms with van der Waals surface area (Å²) in [5, 5.41) is 4.61. The van der Waals surface area contributed by atoms with Crippen LogP contribution in [0.4, 0.5) is 0 Å². The zero-order chi connectivity index (χ0) is 22.1. The maximum Gasteiger partial charge on any atom is 0.336 e. The number of rotatable bonds is 5. The molecule has 0 aliphatic rings. The van der Waals surface area contributed by atoms with Crippen molar-refractivity contribution in [3.05, 3.63) is 95.9 Å². The van der Waals surface area contributed by atoms with Gasteiger partial charge in [-0.15, -0.1) is 11.3 Å². The van der Waals surface area contributed by atoms with Crippen molar-refractivity contribution in [2.75, 3.05) is 0 Å². The lowest BCUT2D eigenvalue weighted by atomic mass is 10.1. The Bertz CT molecular complexity index is 1420. The number of hydrogen-bond donors (Lipinski definition) is 1. The summed E-state index contributed by atoms with van der Waals surface area (Å²) in [7, 11) is 0. The van der Waals surface area contributed by atoms with E-state index in [0.29, 0.717) is 22.4 Å². The third kappa shape index (κ3) is 4.13. The average molecular weight is 498 g/mol. The van der Waals surface area contributed by atoms with E-state index in [9.17, 15) is 14.4 Å². The molecule has 0 aliphatic carbocycles. The topological polar surface area (TPSA) is 73.1 Å². The molecule has 0 aliphatic heterocycles. The molecule has 0 spiro atoms. The van der Waals surface area contributed by atoms with Crippen LogP contribution in [0.5, 0.6) is 0 Å². The number of amides is 1. The Hall–Kier alpha value is -2.97. The predicted molar refractivity (Wildman–Crippen MR) is 127 cm³/mol. The summed E-state index contributed by atoms with van der Waals surface area (Å²) >= 11 is 4.73. The van der Waals surface area contributed by atoms with E-state index < -0.39 is 5.69 Å². The standard InChI is InChI=1S/C23H20BrN3O3S/c1-14-7-8-18(15(2)11-14)27-22(29)21-19(9-10-31-21)26(23(27)30)13-20(28)25-12-16-5-3-4-6-17(16)24/h3-11H,12-13H2,1-2H3,(H,25,28). The summed E-state index contributed by atoms with van der Waals surface area (Å²) in [6.45, 7) is 3.97. The fraction of sp³-hybridized carbons (Fsp3) is 0.174. The number of carbonyl (C=O) groups excluding carboxylic acids is 1. The molecule has 0 radical (unpaired) electrons. The summed E-state index contributed by atoms with van der Waals surface area (Å²) in [6.07, 6.45) is 0. The van der Waals surface area contributed by atoms with E-state index in [1.807, 2.05) is 50.2 Å². The van der Waals surface area contributed by atoms with Crippen LogP contribution < -0.4 is 16.6 Å². The summed E-state index contributed by atoms with van der Waals surface area (Å²) in [5.41, 5.74) is 2.89. The van der Waals surface area contributed by atoms with Crippen LogP contribution in [-0.4, -0.2) is 15.0 Å². The van der Waals surface area contributed by atoms with Crippen molar-refractivity contribution in [2.45, 2.75) is 26.9 Å². The molecule has 4 aromatic rings. The highest BCUT2D eigenvalue weighted by molar-refractivity contribution is 9.10. The van der Waals surface area contributed by atoms with Gasteiger partial charge < -0.3 is 5.32 Å². The fourth-order valence-electron chi connectivity index (χ4n) is 3.54. The highest BCUT2D eigenvalue weighted by Crippen LogP contribution is 2.19. The Balaban J connectivity index is 1.73. The molecule has 8 heteroatoms. The second-order valence-electron chi connectivity index (χ2n) is 7.30.